The Morgan fingerprint density at radius 1 is 1.21 bits per heavy atom. The number of aliphatic hydroxyl groups is 1. The van der Waals surface area contributed by atoms with Crippen LogP contribution in [0.4, 0.5) is 5.69 Å². The Morgan fingerprint density at radius 3 is 2.41 bits per heavy atom. The number of carbonyl (C=O) groups excluding carboxylic acids is 1. The number of benzene rings is 1. The SMILES string of the molecule is COc1cc(NC(=O)CN2[C@@H]3CC[C@H]2CC(O)(c2cccnc2)C3)cc(OC)c1. The van der Waals surface area contributed by atoms with Crippen molar-refractivity contribution < 1.29 is 19.4 Å². The van der Waals surface area contributed by atoms with Gasteiger partial charge in [-0.05, 0) is 31.7 Å². The van der Waals surface area contributed by atoms with Gasteiger partial charge < -0.3 is 19.9 Å². The van der Waals surface area contributed by atoms with Crippen molar-refractivity contribution in [2.24, 2.45) is 0 Å². The number of amides is 1. The van der Waals surface area contributed by atoms with E-state index in [-0.39, 0.29) is 18.0 Å². The molecule has 3 heterocycles. The van der Waals surface area contributed by atoms with Crippen molar-refractivity contribution in [1.29, 1.82) is 0 Å². The zero-order valence-electron chi connectivity index (χ0n) is 16.8. The third-order valence-corrected chi connectivity index (χ3v) is 6.08. The summed E-state index contributed by atoms with van der Waals surface area (Å²) in [7, 11) is 3.16. The highest BCUT2D eigenvalue weighted by atomic mass is 16.5. The molecular formula is C22H27N3O4. The first-order valence-electron chi connectivity index (χ1n) is 9.92. The number of nitrogens with one attached hydrogen (secondary N) is 1. The normalized spacial score (nSPS) is 26.2. The van der Waals surface area contributed by atoms with Crippen LogP contribution >= 0.6 is 0 Å². The summed E-state index contributed by atoms with van der Waals surface area (Å²) in [4.78, 5) is 19.1. The van der Waals surface area contributed by atoms with E-state index in [4.69, 9.17) is 9.47 Å². The molecule has 7 nitrogen and oxygen atoms in total. The number of rotatable bonds is 6. The lowest BCUT2D eigenvalue weighted by molar-refractivity contribution is -0.121. The molecule has 0 spiro atoms. The molecule has 0 radical (unpaired) electrons. The minimum atomic E-state index is -0.868. The number of methoxy groups -OCH3 is 2. The number of nitrogens with zero attached hydrogens (tertiary/aromatic N) is 2. The van der Waals surface area contributed by atoms with Crippen LogP contribution in [0.1, 0.15) is 31.2 Å². The first-order valence-corrected chi connectivity index (χ1v) is 9.92. The monoisotopic (exact) mass is 397 g/mol. The van der Waals surface area contributed by atoms with Crippen molar-refractivity contribution >= 4 is 11.6 Å². The van der Waals surface area contributed by atoms with Crippen LogP contribution < -0.4 is 14.8 Å². The average molecular weight is 397 g/mol. The van der Waals surface area contributed by atoms with E-state index in [0.717, 1.165) is 18.4 Å². The molecule has 1 amide bonds. The lowest BCUT2D eigenvalue weighted by Gasteiger charge is -2.43. The van der Waals surface area contributed by atoms with Gasteiger partial charge in [-0.15, -0.1) is 0 Å². The number of ether oxygens (including phenoxy) is 2. The van der Waals surface area contributed by atoms with Crippen molar-refractivity contribution in [3.05, 3.63) is 48.3 Å². The number of pyridine rings is 1. The van der Waals surface area contributed by atoms with Crippen molar-refractivity contribution in [2.45, 2.75) is 43.4 Å². The van der Waals surface area contributed by atoms with E-state index >= 15 is 0 Å². The summed E-state index contributed by atoms with van der Waals surface area (Å²) in [6.07, 6.45) is 6.69. The molecule has 1 unspecified atom stereocenters. The number of hydrogen-bond acceptors (Lipinski definition) is 6. The molecule has 2 N–H and O–H groups in total. The summed E-state index contributed by atoms with van der Waals surface area (Å²) in [6.45, 7) is 0.304. The number of piperidine rings is 1. The van der Waals surface area contributed by atoms with Gasteiger partial charge in [-0.25, -0.2) is 0 Å². The minimum absolute atomic E-state index is 0.0796. The van der Waals surface area contributed by atoms with Crippen LogP contribution in [-0.4, -0.2) is 53.7 Å². The van der Waals surface area contributed by atoms with Gasteiger partial charge in [0.2, 0.25) is 5.91 Å². The van der Waals surface area contributed by atoms with Crippen molar-refractivity contribution in [2.75, 3.05) is 26.1 Å². The fourth-order valence-electron chi connectivity index (χ4n) is 4.69. The molecule has 0 saturated carbocycles. The summed E-state index contributed by atoms with van der Waals surface area (Å²) in [5, 5.41) is 14.2. The molecule has 29 heavy (non-hydrogen) atoms. The van der Waals surface area contributed by atoms with E-state index in [9.17, 15) is 9.90 Å². The molecule has 4 rings (SSSR count). The molecule has 2 aliphatic heterocycles. The Morgan fingerprint density at radius 2 is 1.86 bits per heavy atom. The van der Waals surface area contributed by atoms with E-state index in [1.165, 1.54) is 0 Å². The second-order valence-corrected chi connectivity index (χ2v) is 7.89. The van der Waals surface area contributed by atoms with Crippen molar-refractivity contribution in [3.63, 3.8) is 0 Å². The molecule has 7 heteroatoms. The quantitative estimate of drug-likeness (QED) is 0.779. The van der Waals surface area contributed by atoms with Gasteiger partial charge in [-0.2, -0.15) is 0 Å². The van der Waals surface area contributed by atoms with E-state index < -0.39 is 5.60 Å². The average Bonchev–Trinajstić information content (AvgIpc) is 2.97. The van der Waals surface area contributed by atoms with E-state index in [2.05, 4.69) is 15.2 Å². The summed E-state index contributed by atoms with van der Waals surface area (Å²) in [5.74, 6) is 1.17. The molecular weight excluding hydrogens is 370 g/mol. The van der Waals surface area contributed by atoms with Crippen LogP contribution in [0.2, 0.25) is 0 Å². The van der Waals surface area contributed by atoms with Crippen LogP contribution in [-0.2, 0) is 10.4 Å². The van der Waals surface area contributed by atoms with Gasteiger partial charge in [-0.1, -0.05) is 6.07 Å². The molecule has 2 fully saturated rings. The zero-order valence-corrected chi connectivity index (χ0v) is 16.8. The lowest BCUT2D eigenvalue weighted by Crippen LogP contribution is -2.51. The zero-order chi connectivity index (χ0) is 20.4. The maximum Gasteiger partial charge on any atom is 0.238 e. The molecule has 154 valence electrons. The summed E-state index contributed by atoms with van der Waals surface area (Å²) in [6, 6.07) is 9.47. The Hall–Kier alpha value is -2.64. The van der Waals surface area contributed by atoms with Gasteiger partial charge in [0.15, 0.2) is 0 Å². The van der Waals surface area contributed by atoms with Gasteiger partial charge >= 0.3 is 0 Å². The van der Waals surface area contributed by atoms with Gasteiger partial charge in [0, 0.05) is 53.9 Å². The number of anilines is 1. The summed E-state index contributed by atoms with van der Waals surface area (Å²) in [5.41, 5.74) is 0.639. The second-order valence-electron chi connectivity index (χ2n) is 7.89. The van der Waals surface area contributed by atoms with E-state index in [1.807, 2.05) is 12.1 Å². The van der Waals surface area contributed by atoms with Gasteiger partial charge in [0.1, 0.15) is 11.5 Å². The highest BCUT2D eigenvalue weighted by Crippen LogP contribution is 2.45. The number of carbonyl (C=O) groups is 1. The topological polar surface area (TPSA) is 83.9 Å². The third-order valence-electron chi connectivity index (χ3n) is 6.08. The maximum absolute atomic E-state index is 12.7. The standard InChI is InChI=1S/C22H27N3O4/c1-28-19-8-16(9-20(10-19)29-2)24-21(26)14-25-17-5-6-18(25)12-22(27,11-17)15-4-3-7-23-13-15/h3-4,7-10,13,17-18,27H,5-6,11-12,14H2,1-2H3,(H,24,26)/t17-,18+,22?. The highest BCUT2D eigenvalue weighted by Gasteiger charge is 2.48. The smallest absolute Gasteiger partial charge is 0.238 e. The molecule has 1 aromatic heterocycles. The van der Waals surface area contributed by atoms with Gasteiger partial charge in [-0.3, -0.25) is 14.7 Å². The Labute approximate surface area is 170 Å². The number of hydrogen-bond donors (Lipinski definition) is 2. The van der Waals surface area contributed by atoms with Crippen LogP contribution in [0.3, 0.4) is 0 Å². The first kappa shape index (κ1) is 19.7. The fraction of sp³-hybridized carbons (Fsp3) is 0.455. The largest absolute Gasteiger partial charge is 0.497 e. The minimum Gasteiger partial charge on any atom is -0.497 e. The Balaban J connectivity index is 1.43. The van der Waals surface area contributed by atoms with Crippen LogP contribution in [0.5, 0.6) is 11.5 Å². The molecule has 1 aromatic carbocycles. The molecule has 2 saturated heterocycles. The van der Waals surface area contributed by atoms with Gasteiger partial charge in [0.05, 0.1) is 26.4 Å². The summed E-state index contributed by atoms with van der Waals surface area (Å²) < 4.78 is 10.5. The molecule has 0 aliphatic carbocycles. The lowest BCUT2D eigenvalue weighted by atomic mass is 9.81. The van der Waals surface area contributed by atoms with E-state index in [0.29, 0.717) is 36.6 Å². The maximum atomic E-state index is 12.7. The predicted octanol–water partition coefficient (Wildman–Crippen LogP) is 2.55. The number of fused-ring (bicyclic) bond motifs is 2. The van der Waals surface area contributed by atoms with Crippen LogP contribution in [0.25, 0.3) is 0 Å². The first-order chi connectivity index (χ1) is 14.0. The Kier molecular flexibility index (Phi) is 5.43. The third kappa shape index (κ3) is 4.06. The van der Waals surface area contributed by atoms with Crippen LogP contribution in [0, 0.1) is 0 Å². The summed E-state index contributed by atoms with van der Waals surface area (Å²) >= 11 is 0. The highest BCUT2D eigenvalue weighted by molar-refractivity contribution is 5.92. The molecule has 2 aliphatic rings. The second kappa shape index (κ2) is 8.00. The van der Waals surface area contributed by atoms with Crippen molar-refractivity contribution in [3.8, 4) is 11.5 Å². The molecule has 3 atom stereocenters. The number of aromatic nitrogens is 1. The fourth-order valence-corrected chi connectivity index (χ4v) is 4.69. The predicted molar refractivity (Wildman–Crippen MR) is 109 cm³/mol. The van der Waals surface area contributed by atoms with Crippen LogP contribution in [0.15, 0.2) is 42.7 Å². The molecule has 2 aromatic rings. The molecule has 2 bridgehead atoms. The Bertz CT molecular complexity index is 837. The van der Waals surface area contributed by atoms with Gasteiger partial charge in [0.25, 0.3) is 0 Å². The van der Waals surface area contributed by atoms with Crippen molar-refractivity contribution in [1.82, 2.24) is 9.88 Å². The van der Waals surface area contributed by atoms with E-state index in [1.54, 1.807) is 44.8 Å².